The van der Waals surface area contributed by atoms with Gasteiger partial charge in [-0.15, -0.1) is 0 Å². The highest BCUT2D eigenvalue weighted by Gasteiger charge is 2.03. The number of hydrogen-bond acceptors (Lipinski definition) is 2. The predicted molar refractivity (Wildman–Crippen MR) is 80.4 cm³/mol. The molecule has 1 N–H and O–H groups in total. The summed E-state index contributed by atoms with van der Waals surface area (Å²) < 4.78 is 5.24. The molecule has 0 amide bonds. The zero-order valence-corrected chi connectivity index (χ0v) is 11.9. The van der Waals surface area contributed by atoms with Gasteiger partial charge in [0, 0.05) is 19.3 Å². The van der Waals surface area contributed by atoms with Crippen molar-refractivity contribution in [2.75, 3.05) is 12.4 Å². The van der Waals surface area contributed by atoms with E-state index in [0.717, 1.165) is 6.54 Å². The third-order valence-corrected chi connectivity index (χ3v) is 3.49. The second-order valence-electron chi connectivity index (χ2n) is 4.80. The molecule has 0 saturated heterocycles. The van der Waals surface area contributed by atoms with Gasteiger partial charge in [0.25, 0.3) is 0 Å². The summed E-state index contributed by atoms with van der Waals surface area (Å²) in [5, 5.41) is 3.51. The third-order valence-electron chi connectivity index (χ3n) is 3.49. The van der Waals surface area contributed by atoms with E-state index in [4.69, 9.17) is 4.74 Å². The van der Waals surface area contributed by atoms with Crippen molar-refractivity contribution in [3.8, 4) is 0 Å². The van der Waals surface area contributed by atoms with Gasteiger partial charge in [-0.2, -0.15) is 0 Å². The number of aryl methyl sites for hydroxylation is 1. The molecule has 0 aliphatic carbocycles. The average molecular weight is 255 g/mol. The summed E-state index contributed by atoms with van der Waals surface area (Å²) in [7, 11) is 1.73. The molecule has 0 heterocycles. The lowest BCUT2D eigenvalue weighted by Gasteiger charge is -2.13. The Balaban J connectivity index is 2.12. The number of nitrogens with one attached hydrogen (secondary N) is 1. The van der Waals surface area contributed by atoms with Crippen molar-refractivity contribution >= 4 is 5.69 Å². The van der Waals surface area contributed by atoms with E-state index in [0.29, 0.717) is 6.61 Å². The number of hydrogen-bond donors (Lipinski definition) is 1. The predicted octanol–water partition coefficient (Wildman–Crippen LogP) is 4.06. The van der Waals surface area contributed by atoms with Gasteiger partial charge in [-0.1, -0.05) is 36.4 Å². The molecule has 100 valence electrons. The van der Waals surface area contributed by atoms with Crippen LogP contribution >= 0.6 is 0 Å². The second kappa shape index (κ2) is 6.39. The monoisotopic (exact) mass is 255 g/mol. The third kappa shape index (κ3) is 3.36. The summed E-state index contributed by atoms with van der Waals surface area (Å²) in [5.74, 6) is 0. The van der Waals surface area contributed by atoms with Crippen molar-refractivity contribution in [1.82, 2.24) is 0 Å². The minimum Gasteiger partial charge on any atom is -0.381 e. The van der Waals surface area contributed by atoms with Crippen LogP contribution in [0.2, 0.25) is 0 Å². The van der Waals surface area contributed by atoms with Crippen molar-refractivity contribution in [3.63, 3.8) is 0 Å². The normalized spacial score (nSPS) is 10.5. The standard InChI is InChI=1S/C17H21NO/c1-13-7-6-10-17(14(13)2)18-11-15-8-4-5-9-16(15)12-19-3/h4-10,18H,11-12H2,1-3H3. The lowest BCUT2D eigenvalue weighted by atomic mass is 10.1. The Hall–Kier alpha value is -1.80. The van der Waals surface area contributed by atoms with Gasteiger partial charge >= 0.3 is 0 Å². The van der Waals surface area contributed by atoms with Gasteiger partial charge in [-0.3, -0.25) is 0 Å². The largest absolute Gasteiger partial charge is 0.381 e. The van der Waals surface area contributed by atoms with Crippen LogP contribution in [-0.4, -0.2) is 7.11 Å². The molecule has 0 atom stereocenters. The molecule has 2 heteroatoms. The van der Waals surface area contributed by atoms with Crippen molar-refractivity contribution in [1.29, 1.82) is 0 Å². The SMILES string of the molecule is COCc1ccccc1CNc1cccc(C)c1C. The molecule has 0 saturated carbocycles. The molecule has 0 aliphatic rings. The molecule has 0 fully saturated rings. The van der Waals surface area contributed by atoms with Crippen LogP contribution < -0.4 is 5.32 Å². The Bertz CT molecular complexity index is 549. The summed E-state index contributed by atoms with van der Waals surface area (Å²) in [6.07, 6.45) is 0. The summed E-state index contributed by atoms with van der Waals surface area (Å²) >= 11 is 0. The number of rotatable bonds is 5. The molecule has 0 bridgehead atoms. The number of methoxy groups -OCH3 is 1. The Labute approximate surface area is 115 Å². The average Bonchev–Trinajstić information content (AvgIpc) is 2.42. The fraction of sp³-hybridized carbons (Fsp3) is 0.294. The molecule has 0 spiro atoms. The first-order chi connectivity index (χ1) is 9.22. The summed E-state index contributed by atoms with van der Waals surface area (Å²) in [6, 6.07) is 14.7. The first-order valence-electron chi connectivity index (χ1n) is 6.58. The smallest absolute Gasteiger partial charge is 0.0716 e. The van der Waals surface area contributed by atoms with Crippen molar-refractivity contribution < 1.29 is 4.74 Å². The highest BCUT2D eigenvalue weighted by Crippen LogP contribution is 2.19. The maximum absolute atomic E-state index is 5.24. The van der Waals surface area contributed by atoms with E-state index >= 15 is 0 Å². The van der Waals surface area contributed by atoms with Crippen molar-refractivity contribution in [2.24, 2.45) is 0 Å². The van der Waals surface area contributed by atoms with E-state index in [1.807, 2.05) is 0 Å². The Kier molecular flexibility index (Phi) is 4.58. The highest BCUT2D eigenvalue weighted by molar-refractivity contribution is 5.54. The first kappa shape index (κ1) is 13.6. The molecular formula is C17H21NO. The molecule has 0 radical (unpaired) electrons. The van der Waals surface area contributed by atoms with Gasteiger partial charge in [0.15, 0.2) is 0 Å². The zero-order valence-electron chi connectivity index (χ0n) is 11.9. The fourth-order valence-electron chi connectivity index (χ4n) is 2.16. The Morgan fingerprint density at radius 2 is 1.68 bits per heavy atom. The molecule has 0 aromatic heterocycles. The van der Waals surface area contributed by atoms with Crippen molar-refractivity contribution in [3.05, 3.63) is 64.7 Å². The fourth-order valence-corrected chi connectivity index (χ4v) is 2.16. The van der Waals surface area contributed by atoms with E-state index in [1.54, 1.807) is 7.11 Å². The van der Waals surface area contributed by atoms with Gasteiger partial charge in [-0.05, 0) is 42.2 Å². The number of anilines is 1. The van der Waals surface area contributed by atoms with Crippen LogP contribution in [0.15, 0.2) is 42.5 Å². The summed E-state index contributed by atoms with van der Waals surface area (Å²) in [5.41, 5.74) is 6.35. The van der Waals surface area contributed by atoms with Gasteiger partial charge in [0.05, 0.1) is 6.61 Å². The van der Waals surface area contributed by atoms with Gasteiger partial charge in [-0.25, -0.2) is 0 Å². The lowest BCUT2D eigenvalue weighted by Crippen LogP contribution is -2.05. The number of benzene rings is 2. The van der Waals surface area contributed by atoms with Crippen LogP contribution in [0.25, 0.3) is 0 Å². The number of ether oxygens (including phenoxy) is 1. The molecule has 2 aromatic rings. The molecule has 0 unspecified atom stereocenters. The van der Waals surface area contributed by atoms with Crippen LogP contribution in [-0.2, 0) is 17.9 Å². The van der Waals surface area contributed by atoms with Gasteiger partial charge in [0.2, 0.25) is 0 Å². The topological polar surface area (TPSA) is 21.3 Å². The van der Waals surface area contributed by atoms with Crippen molar-refractivity contribution in [2.45, 2.75) is 27.0 Å². The molecule has 0 aliphatic heterocycles. The Morgan fingerprint density at radius 1 is 0.947 bits per heavy atom. The minimum atomic E-state index is 0.657. The first-order valence-corrected chi connectivity index (χ1v) is 6.58. The highest BCUT2D eigenvalue weighted by atomic mass is 16.5. The maximum atomic E-state index is 5.24. The van der Waals surface area contributed by atoms with Crippen LogP contribution in [0, 0.1) is 13.8 Å². The molecule has 2 rings (SSSR count). The lowest BCUT2D eigenvalue weighted by molar-refractivity contribution is 0.184. The summed E-state index contributed by atoms with van der Waals surface area (Å²) in [4.78, 5) is 0. The maximum Gasteiger partial charge on any atom is 0.0716 e. The van der Waals surface area contributed by atoms with Gasteiger partial charge in [0.1, 0.15) is 0 Å². The van der Waals surface area contributed by atoms with Gasteiger partial charge < -0.3 is 10.1 Å². The van der Waals surface area contributed by atoms with Crippen LogP contribution in [0.5, 0.6) is 0 Å². The summed E-state index contributed by atoms with van der Waals surface area (Å²) in [6.45, 7) is 5.77. The molecule has 2 aromatic carbocycles. The van der Waals surface area contributed by atoms with Crippen LogP contribution in [0.1, 0.15) is 22.3 Å². The van der Waals surface area contributed by atoms with E-state index in [-0.39, 0.29) is 0 Å². The van der Waals surface area contributed by atoms with E-state index in [9.17, 15) is 0 Å². The van der Waals surface area contributed by atoms with Crippen LogP contribution in [0.4, 0.5) is 5.69 Å². The van der Waals surface area contributed by atoms with E-state index in [2.05, 4.69) is 61.6 Å². The Morgan fingerprint density at radius 3 is 2.42 bits per heavy atom. The quantitative estimate of drug-likeness (QED) is 0.870. The molecule has 2 nitrogen and oxygen atoms in total. The van der Waals surface area contributed by atoms with E-state index in [1.165, 1.54) is 27.9 Å². The molecule has 19 heavy (non-hydrogen) atoms. The van der Waals surface area contributed by atoms with Crippen LogP contribution in [0.3, 0.4) is 0 Å². The molecular weight excluding hydrogens is 234 g/mol. The zero-order chi connectivity index (χ0) is 13.7. The minimum absolute atomic E-state index is 0.657. The van der Waals surface area contributed by atoms with E-state index < -0.39 is 0 Å². The second-order valence-corrected chi connectivity index (χ2v) is 4.80.